The summed E-state index contributed by atoms with van der Waals surface area (Å²) >= 11 is 0. The summed E-state index contributed by atoms with van der Waals surface area (Å²) in [5.74, 6) is -0.872. The summed E-state index contributed by atoms with van der Waals surface area (Å²) in [6, 6.07) is 7.11. The quantitative estimate of drug-likeness (QED) is 0.374. The molecule has 37 heavy (non-hydrogen) atoms. The molecular weight excluding hydrogens is 503 g/mol. The normalized spacial score (nSPS) is 22.3. The Morgan fingerprint density at radius 2 is 1.49 bits per heavy atom. The van der Waals surface area contributed by atoms with Crippen molar-refractivity contribution in [3.05, 3.63) is 70.5 Å². The minimum Gasteiger partial charge on any atom is -0.370 e. The highest BCUT2D eigenvalue weighted by molar-refractivity contribution is 5.79. The van der Waals surface area contributed by atoms with Crippen molar-refractivity contribution in [3.63, 3.8) is 0 Å². The van der Waals surface area contributed by atoms with E-state index in [1.54, 1.807) is 17.0 Å². The summed E-state index contributed by atoms with van der Waals surface area (Å²) in [6.07, 6.45) is -7.63. The van der Waals surface area contributed by atoms with Gasteiger partial charge in [0.25, 0.3) is 0 Å². The van der Waals surface area contributed by atoms with E-state index < -0.39 is 47.4 Å². The van der Waals surface area contributed by atoms with E-state index in [0.717, 1.165) is 25.7 Å². The standard InChI is InChI=1S/C27H28F7NO2/c1-16(19-12-20(26(29,30)31)14-21(13-19)27(32,33)34)37-24-10-11-35(25(36)18-4-2-3-5-18)15-23(24)17-6-8-22(28)9-7-17/h6-9,12-14,16,18,23-24H,2-5,10-11,15H2,1H3/t16-,23-,24+/m1/s1. The van der Waals surface area contributed by atoms with Crippen molar-refractivity contribution < 1.29 is 40.3 Å². The Kier molecular flexibility index (Phi) is 7.88. The predicted octanol–water partition coefficient (Wildman–Crippen LogP) is 7.52. The lowest BCUT2D eigenvalue weighted by molar-refractivity contribution is -0.143. The SMILES string of the molecule is C[C@@H](O[C@H]1CCN(C(=O)C2CCCC2)C[C@@H]1c1ccc(F)cc1)c1cc(C(F)(F)F)cc(C(F)(F)F)c1. The van der Waals surface area contributed by atoms with Gasteiger partial charge in [-0.15, -0.1) is 0 Å². The van der Waals surface area contributed by atoms with Gasteiger partial charge >= 0.3 is 12.4 Å². The van der Waals surface area contributed by atoms with Gasteiger partial charge in [0, 0.05) is 24.9 Å². The summed E-state index contributed by atoms with van der Waals surface area (Å²) in [5, 5.41) is 0. The van der Waals surface area contributed by atoms with Crippen LogP contribution >= 0.6 is 0 Å². The average Bonchev–Trinajstić information content (AvgIpc) is 3.38. The molecule has 2 aliphatic rings. The fourth-order valence-corrected chi connectivity index (χ4v) is 5.31. The molecular formula is C27H28F7NO2. The third kappa shape index (κ3) is 6.45. The molecule has 4 rings (SSSR count). The highest BCUT2D eigenvalue weighted by Crippen LogP contribution is 2.40. The molecule has 1 saturated carbocycles. The zero-order chi connectivity index (χ0) is 27.0. The van der Waals surface area contributed by atoms with E-state index in [1.165, 1.54) is 19.1 Å². The summed E-state index contributed by atoms with van der Waals surface area (Å²) in [5.41, 5.74) is -2.37. The van der Waals surface area contributed by atoms with Gasteiger partial charge in [0.15, 0.2) is 0 Å². The molecule has 0 N–H and O–H groups in total. The lowest BCUT2D eigenvalue weighted by Crippen LogP contribution is -2.47. The summed E-state index contributed by atoms with van der Waals surface area (Å²) < 4.78 is 99.7. The molecule has 10 heteroatoms. The van der Waals surface area contributed by atoms with Crippen LogP contribution in [0.2, 0.25) is 0 Å². The zero-order valence-electron chi connectivity index (χ0n) is 20.2. The van der Waals surface area contributed by atoms with Crippen molar-refractivity contribution in [1.29, 1.82) is 0 Å². The third-order valence-electron chi connectivity index (χ3n) is 7.32. The molecule has 2 fully saturated rings. The first kappa shape index (κ1) is 27.4. The van der Waals surface area contributed by atoms with Crippen molar-refractivity contribution in [2.45, 2.75) is 69.5 Å². The van der Waals surface area contributed by atoms with Crippen LogP contribution < -0.4 is 0 Å². The Labute approximate surface area is 210 Å². The molecule has 202 valence electrons. The maximum absolute atomic E-state index is 13.6. The van der Waals surface area contributed by atoms with E-state index in [0.29, 0.717) is 30.7 Å². The van der Waals surface area contributed by atoms with E-state index >= 15 is 0 Å². The number of ether oxygens (including phenoxy) is 1. The van der Waals surface area contributed by atoms with Crippen LogP contribution in [0.1, 0.15) is 73.3 Å². The van der Waals surface area contributed by atoms with E-state index in [1.807, 2.05) is 0 Å². The minimum atomic E-state index is -4.96. The van der Waals surface area contributed by atoms with Crippen LogP contribution in [0.4, 0.5) is 30.7 Å². The van der Waals surface area contributed by atoms with Crippen molar-refractivity contribution in [1.82, 2.24) is 4.90 Å². The fraction of sp³-hybridized carbons (Fsp3) is 0.519. The molecule has 1 saturated heterocycles. The monoisotopic (exact) mass is 531 g/mol. The van der Waals surface area contributed by atoms with Crippen LogP contribution in [0, 0.1) is 11.7 Å². The second kappa shape index (κ2) is 10.6. The Hall–Kier alpha value is -2.62. The van der Waals surface area contributed by atoms with E-state index in [9.17, 15) is 35.5 Å². The number of carbonyl (C=O) groups excluding carboxylic acids is 1. The lowest BCUT2D eigenvalue weighted by atomic mass is 9.86. The number of piperidine rings is 1. The van der Waals surface area contributed by atoms with Gasteiger partial charge in [-0.05, 0) is 67.6 Å². The molecule has 0 spiro atoms. The van der Waals surface area contributed by atoms with E-state index in [2.05, 4.69) is 0 Å². The highest BCUT2D eigenvalue weighted by Gasteiger charge is 2.39. The number of amides is 1. The Morgan fingerprint density at radius 1 is 0.919 bits per heavy atom. The van der Waals surface area contributed by atoms with Crippen LogP contribution in [0.5, 0.6) is 0 Å². The number of likely N-dealkylation sites (tertiary alicyclic amines) is 1. The molecule has 0 bridgehead atoms. The molecule has 1 amide bonds. The minimum absolute atomic E-state index is 0.0452. The van der Waals surface area contributed by atoms with Gasteiger partial charge in [-0.2, -0.15) is 26.3 Å². The smallest absolute Gasteiger partial charge is 0.370 e. The van der Waals surface area contributed by atoms with Crippen LogP contribution in [-0.4, -0.2) is 30.0 Å². The van der Waals surface area contributed by atoms with Gasteiger partial charge in [-0.25, -0.2) is 4.39 Å². The number of benzene rings is 2. The summed E-state index contributed by atoms with van der Waals surface area (Å²) in [4.78, 5) is 14.8. The van der Waals surface area contributed by atoms with Crippen molar-refractivity contribution in [2.75, 3.05) is 13.1 Å². The number of carbonyl (C=O) groups is 1. The molecule has 1 aliphatic heterocycles. The van der Waals surface area contributed by atoms with Crippen LogP contribution in [-0.2, 0) is 21.9 Å². The van der Waals surface area contributed by atoms with Crippen molar-refractivity contribution in [3.8, 4) is 0 Å². The summed E-state index contributed by atoms with van der Waals surface area (Å²) in [6.45, 7) is 2.04. The number of rotatable bonds is 5. The van der Waals surface area contributed by atoms with Crippen molar-refractivity contribution >= 4 is 5.91 Å². The van der Waals surface area contributed by atoms with E-state index in [-0.39, 0.29) is 30.0 Å². The first-order valence-electron chi connectivity index (χ1n) is 12.3. The number of halogens is 7. The molecule has 0 radical (unpaired) electrons. The maximum atomic E-state index is 13.6. The molecule has 2 aromatic carbocycles. The number of hydrogen-bond acceptors (Lipinski definition) is 2. The molecule has 2 aromatic rings. The van der Waals surface area contributed by atoms with Gasteiger partial charge in [0.05, 0.1) is 23.3 Å². The molecule has 0 unspecified atom stereocenters. The van der Waals surface area contributed by atoms with Gasteiger partial charge in [0.1, 0.15) is 5.82 Å². The van der Waals surface area contributed by atoms with Crippen LogP contribution in [0.15, 0.2) is 42.5 Å². The van der Waals surface area contributed by atoms with Crippen molar-refractivity contribution in [2.24, 2.45) is 5.92 Å². The van der Waals surface area contributed by atoms with Gasteiger partial charge < -0.3 is 9.64 Å². The predicted molar refractivity (Wildman–Crippen MR) is 122 cm³/mol. The fourth-order valence-electron chi connectivity index (χ4n) is 5.31. The lowest BCUT2D eigenvalue weighted by Gasteiger charge is -2.40. The molecule has 3 atom stereocenters. The van der Waals surface area contributed by atoms with Gasteiger partial charge in [-0.1, -0.05) is 25.0 Å². The third-order valence-corrected chi connectivity index (χ3v) is 7.32. The molecule has 1 aliphatic carbocycles. The largest absolute Gasteiger partial charge is 0.416 e. The summed E-state index contributed by atoms with van der Waals surface area (Å²) in [7, 11) is 0. The van der Waals surface area contributed by atoms with Crippen LogP contribution in [0.25, 0.3) is 0 Å². The van der Waals surface area contributed by atoms with Gasteiger partial charge in [0.2, 0.25) is 5.91 Å². The topological polar surface area (TPSA) is 29.5 Å². The number of nitrogens with zero attached hydrogens (tertiary/aromatic N) is 1. The Balaban J connectivity index is 1.60. The first-order chi connectivity index (χ1) is 17.3. The maximum Gasteiger partial charge on any atom is 0.416 e. The second-order valence-electron chi connectivity index (χ2n) is 9.87. The number of hydrogen-bond donors (Lipinski definition) is 0. The molecule has 1 heterocycles. The Morgan fingerprint density at radius 3 is 2.03 bits per heavy atom. The van der Waals surface area contributed by atoms with Crippen LogP contribution in [0.3, 0.4) is 0 Å². The second-order valence-corrected chi connectivity index (χ2v) is 9.87. The van der Waals surface area contributed by atoms with Gasteiger partial charge in [-0.3, -0.25) is 4.79 Å². The Bertz CT molecular complexity index is 1060. The number of alkyl halides is 6. The average molecular weight is 532 g/mol. The zero-order valence-corrected chi connectivity index (χ0v) is 20.2. The molecule has 0 aromatic heterocycles. The molecule has 3 nitrogen and oxygen atoms in total. The first-order valence-corrected chi connectivity index (χ1v) is 12.3. The van der Waals surface area contributed by atoms with E-state index in [4.69, 9.17) is 4.74 Å². The highest BCUT2D eigenvalue weighted by atomic mass is 19.4.